The van der Waals surface area contributed by atoms with Gasteiger partial charge in [0.2, 0.25) is 0 Å². The molecular formula is C16H17Cl. The van der Waals surface area contributed by atoms with Crippen molar-refractivity contribution >= 4 is 11.6 Å². The van der Waals surface area contributed by atoms with E-state index in [1.54, 1.807) is 0 Å². The highest BCUT2D eigenvalue weighted by Crippen LogP contribution is 2.26. The third-order valence-electron chi connectivity index (χ3n) is 3.09. The van der Waals surface area contributed by atoms with Crippen LogP contribution in [0.25, 0.3) is 0 Å². The molecule has 1 atom stereocenters. The number of alkyl halides is 1. The van der Waals surface area contributed by atoms with E-state index in [2.05, 4.69) is 43.3 Å². The summed E-state index contributed by atoms with van der Waals surface area (Å²) in [7, 11) is 0. The highest BCUT2D eigenvalue weighted by Gasteiger charge is 2.07. The summed E-state index contributed by atoms with van der Waals surface area (Å²) in [5, 5.41) is 0.107. The average molecular weight is 245 g/mol. The van der Waals surface area contributed by atoms with Crippen molar-refractivity contribution in [2.75, 3.05) is 0 Å². The predicted octanol–water partition coefficient (Wildman–Crippen LogP) is 4.91. The lowest BCUT2D eigenvalue weighted by Gasteiger charge is -2.11. The normalized spacial score (nSPS) is 12.4. The van der Waals surface area contributed by atoms with Crippen LogP contribution in [0.15, 0.2) is 54.6 Å². The fourth-order valence-corrected chi connectivity index (χ4v) is 2.26. The number of hydrogen-bond acceptors (Lipinski definition) is 0. The van der Waals surface area contributed by atoms with Crippen LogP contribution in [-0.4, -0.2) is 0 Å². The fourth-order valence-electron chi connectivity index (χ4n) is 2.00. The zero-order valence-corrected chi connectivity index (χ0v) is 10.8. The molecule has 88 valence electrons. The van der Waals surface area contributed by atoms with Crippen molar-refractivity contribution < 1.29 is 0 Å². The minimum absolute atomic E-state index is 0.107. The molecule has 0 radical (unpaired) electrons. The maximum atomic E-state index is 6.41. The average Bonchev–Trinajstić information content (AvgIpc) is 2.38. The third kappa shape index (κ3) is 3.34. The van der Waals surface area contributed by atoms with Crippen LogP contribution in [0.2, 0.25) is 0 Å². The largest absolute Gasteiger partial charge is 0.118 e. The maximum absolute atomic E-state index is 6.41. The van der Waals surface area contributed by atoms with E-state index in [-0.39, 0.29) is 5.38 Å². The summed E-state index contributed by atoms with van der Waals surface area (Å²) in [5.41, 5.74) is 3.96. The standard InChI is InChI=1S/C16H17Cl/c1-13-7-5-6-8-14(13)11-12-16(17)15-9-3-2-4-10-15/h2-10,16H,11-12H2,1H3. The number of aryl methyl sites for hydroxylation is 2. The zero-order chi connectivity index (χ0) is 12.1. The lowest BCUT2D eigenvalue weighted by Crippen LogP contribution is -1.95. The van der Waals surface area contributed by atoms with Crippen molar-refractivity contribution in [1.82, 2.24) is 0 Å². The van der Waals surface area contributed by atoms with Gasteiger partial charge in [0.1, 0.15) is 0 Å². The Kier molecular flexibility index (Phi) is 4.22. The molecule has 0 aliphatic heterocycles. The molecule has 0 spiro atoms. The van der Waals surface area contributed by atoms with E-state index in [1.807, 2.05) is 18.2 Å². The molecule has 0 N–H and O–H groups in total. The molecule has 0 aliphatic carbocycles. The van der Waals surface area contributed by atoms with Crippen LogP contribution < -0.4 is 0 Å². The van der Waals surface area contributed by atoms with Gasteiger partial charge < -0.3 is 0 Å². The van der Waals surface area contributed by atoms with Crippen molar-refractivity contribution in [3.8, 4) is 0 Å². The molecule has 0 bridgehead atoms. The number of benzene rings is 2. The Morgan fingerprint density at radius 2 is 1.59 bits per heavy atom. The Labute approximate surface area is 108 Å². The summed E-state index contributed by atoms with van der Waals surface area (Å²) >= 11 is 6.41. The molecule has 0 fully saturated rings. The van der Waals surface area contributed by atoms with E-state index in [9.17, 15) is 0 Å². The van der Waals surface area contributed by atoms with Gasteiger partial charge in [0.25, 0.3) is 0 Å². The van der Waals surface area contributed by atoms with E-state index >= 15 is 0 Å². The summed E-state index contributed by atoms with van der Waals surface area (Å²) in [6.45, 7) is 2.15. The molecule has 0 saturated heterocycles. The van der Waals surface area contributed by atoms with Crippen LogP contribution in [0.3, 0.4) is 0 Å². The first-order chi connectivity index (χ1) is 8.27. The summed E-state index contributed by atoms with van der Waals surface area (Å²) in [4.78, 5) is 0. The van der Waals surface area contributed by atoms with Crippen molar-refractivity contribution in [1.29, 1.82) is 0 Å². The molecular weight excluding hydrogens is 228 g/mol. The van der Waals surface area contributed by atoms with Crippen molar-refractivity contribution in [2.24, 2.45) is 0 Å². The molecule has 1 heteroatoms. The van der Waals surface area contributed by atoms with Gasteiger partial charge in [0, 0.05) is 0 Å². The first-order valence-corrected chi connectivity index (χ1v) is 6.44. The minimum atomic E-state index is 0.107. The molecule has 2 aromatic rings. The second kappa shape index (κ2) is 5.88. The fraction of sp³-hybridized carbons (Fsp3) is 0.250. The number of hydrogen-bond donors (Lipinski definition) is 0. The quantitative estimate of drug-likeness (QED) is 0.671. The maximum Gasteiger partial charge on any atom is 0.0588 e. The Bertz CT molecular complexity index is 462. The number of halogens is 1. The lowest BCUT2D eigenvalue weighted by molar-refractivity contribution is 0.790. The topological polar surface area (TPSA) is 0 Å². The van der Waals surface area contributed by atoms with Gasteiger partial charge in [0.05, 0.1) is 5.38 Å². The summed E-state index contributed by atoms with van der Waals surface area (Å²) in [5.74, 6) is 0. The Hall–Kier alpha value is -1.27. The molecule has 0 amide bonds. The van der Waals surface area contributed by atoms with Gasteiger partial charge in [-0.15, -0.1) is 11.6 Å². The predicted molar refractivity (Wildman–Crippen MR) is 74.5 cm³/mol. The Balaban J connectivity index is 1.97. The van der Waals surface area contributed by atoms with E-state index in [0.29, 0.717) is 0 Å². The van der Waals surface area contributed by atoms with Crippen LogP contribution in [0.4, 0.5) is 0 Å². The molecule has 0 heterocycles. The van der Waals surface area contributed by atoms with Gasteiger partial charge in [-0.1, -0.05) is 54.6 Å². The first-order valence-electron chi connectivity index (χ1n) is 6.01. The van der Waals surface area contributed by atoms with Crippen LogP contribution in [-0.2, 0) is 6.42 Å². The zero-order valence-electron chi connectivity index (χ0n) is 10.1. The van der Waals surface area contributed by atoms with E-state index in [4.69, 9.17) is 11.6 Å². The molecule has 17 heavy (non-hydrogen) atoms. The minimum Gasteiger partial charge on any atom is -0.118 e. The van der Waals surface area contributed by atoms with Crippen LogP contribution >= 0.6 is 11.6 Å². The van der Waals surface area contributed by atoms with Gasteiger partial charge in [-0.2, -0.15) is 0 Å². The molecule has 2 aromatic carbocycles. The third-order valence-corrected chi connectivity index (χ3v) is 3.56. The molecule has 0 saturated carbocycles. The summed E-state index contributed by atoms with van der Waals surface area (Å²) in [6, 6.07) is 18.8. The molecule has 2 rings (SSSR count). The highest BCUT2D eigenvalue weighted by molar-refractivity contribution is 6.20. The van der Waals surface area contributed by atoms with Crippen molar-refractivity contribution in [3.63, 3.8) is 0 Å². The SMILES string of the molecule is Cc1ccccc1CCC(Cl)c1ccccc1. The molecule has 0 aromatic heterocycles. The Morgan fingerprint density at radius 1 is 0.941 bits per heavy atom. The van der Waals surface area contributed by atoms with Crippen molar-refractivity contribution in [3.05, 3.63) is 71.3 Å². The monoisotopic (exact) mass is 244 g/mol. The second-order valence-corrected chi connectivity index (χ2v) is 4.87. The van der Waals surface area contributed by atoms with Crippen LogP contribution in [0, 0.1) is 6.92 Å². The molecule has 1 unspecified atom stereocenters. The molecule has 0 aliphatic rings. The van der Waals surface area contributed by atoms with E-state index in [1.165, 1.54) is 16.7 Å². The van der Waals surface area contributed by atoms with Gasteiger partial charge in [0.15, 0.2) is 0 Å². The van der Waals surface area contributed by atoms with Crippen molar-refractivity contribution in [2.45, 2.75) is 25.1 Å². The second-order valence-electron chi connectivity index (χ2n) is 4.34. The first kappa shape index (κ1) is 12.2. The van der Waals surface area contributed by atoms with Crippen LogP contribution in [0.5, 0.6) is 0 Å². The highest BCUT2D eigenvalue weighted by atomic mass is 35.5. The van der Waals surface area contributed by atoms with E-state index < -0.39 is 0 Å². The van der Waals surface area contributed by atoms with Gasteiger partial charge in [-0.25, -0.2) is 0 Å². The Morgan fingerprint density at radius 3 is 2.29 bits per heavy atom. The smallest absolute Gasteiger partial charge is 0.0588 e. The summed E-state index contributed by atoms with van der Waals surface area (Å²) < 4.78 is 0. The number of rotatable bonds is 4. The molecule has 0 nitrogen and oxygen atoms in total. The summed E-state index contributed by atoms with van der Waals surface area (Å²) in [6.07, 6.45) is 2.02. The van der Waals surface area contributed by atoms with Crippen LogP contribution in [0.1, 0.15) is 28.5 Å². The van der Waals surface area contributed by atoms with Gasteiger partial charge >= 0.3 is 0 Å². The van der Waals surface area contributed by atoms with Gasteiger partial charge in [-0.3, -0.25) is 0 Å². The van der Waals surface area contributed by atoms with E-state index in [0.717, 1.165) is 12.8 Å². The van der Waals surface area contributed by atoms with Gasteiger partial charge in [-0.05, 0) is 36.5 Å². The lowest BCUT2D eigenvalue weighted by atomic mass is 10.0.